The number of hydrogen-bond donors (Lipinski definition) is 1. The van der Waals surface area contributed by atoms with E-state index in [0.29, 0.717) is 5.76 Å². The highest BCUT2D eigenvalue weighted by molar-refractivity contribution is 5.74. The summed E-state index contributed by atoms with van der Waals surface area (Å²) in [5, 5.41) is 9.72. The van der Waals surface area contributed by atoms with Gasteiger partial charge in [-0.3, -0.25) is 4.90 Å². The number of methoxy groups -OCH3 is 1. The van der Waals surface area contributed by atoms with E-state index >= 15 is 0 Å². The van der Waals surface area contributed by atoms with E-state index in [2.05, 4.69) is 17.0 Å². The van der Waals surface area contributed by atoms with Gasteiger partial charge in [-0.25, -0.2) is 4.79 Å². The highest BCUT2D eigenvalue weighted by Crippen LogP contribution is 2.55. The summed E-state index contributed by atoms with van der Waals surface area (Å²) in [6.07, 6.45) is 3.34. The summed E-state index contributed by atoms with van der Waals surface area (Å²) in [4.78, 5) is 14.8. The predicted octanol–water partition coefficient (Wildman–Crippen LogP) is 1.73. The molecule has 0 aromatic heterocycles. The van der Waals surface area contributed by atoms with E-state index in [4.69, 9.17) is 18.9 Å². The molecule has 150 valence electrons. The number of benzene rings is 1. The standard InChI is InChI=1S/C21H25NO6/c1-12(23)20(24)28-19-17(25-2)10-21-5-3-6-22(21)7-4-13-8-15-16(27-11-26-15)9-14(13)18(19)21/h8-10,12,18-19,23H,3-7,11H2,1-2H3/t12-,18+,19+,21-/m0/s1. The first-order valence-corrected chi connectivity index (χ1v) is 9.86. The van der Waals surface area contributed by atoms with Crippen LogP contribution in [0.5, 0.6) is 11.5 Å². The van der Waals surface area contributed by atoms with Gasteiger partial charge in [0.15, 0.2) is 17.6 Å². The molecule has 1 fully saturated rings. The number of ether oxygens (including phenoxy) is 4. The van der Waals surface area contributed by atoms with Crippen LogP contribution in [0.1, 0.15) is 36.8 Å². The van der Waals surface area contributed by atoms with E-state index < -0.39 is 18.2 Å². The molecule has 1 aliphatic carbocycles. The van der Waals surface area contributed by atoms with Gasteiger partial charge >= 0.3 is 5.97 Å². The van der Waals surface area contributed by atoms with Gasteiger partial charge in [-0.2, -0.15) is 0 Å². The molecule has 3 aliphatic heterocycles. The Balaban J connectivity index is 1.65. The normalized spacial score (nSPS) is 31.3. The number of aliphatic hydroxyl groups excluding tert-OH is 1. The molecule has 0 saturated carbocycles. The number of esters is 1. The quantitative estimate of drug-likeness (QED) is 0.792. The first-order chi connectivity index (χ1) is 13.5. The summed E-state index contributed by atoms with van der Waals surface area (Å²) in [5.41, 5.74) is 2.04. The number of carbonyl (C=O) groups is 1. The monoisotopic (exact) mass is 387 g/mol. The summed E-state index contributed by atoms with van der Waals surface area (Å²) >= 11 is 0. The first kappa shape index (κ1) is 17.8. The van der Waals surface area contributed by atoms with E-state index in [1.165, 1.54) is 12.5 Å². The number of aliphatic hydroxyl groups is 1. The van der Waals surface area contributed by atoms with Gasteiger partial charge in [0.1, 0.15) is 11.9 Å². The maximum absolute atomic E-state index is 12.3. The summed E-state index contributed by atoms with van der Waals surface area (Å²) < 4.78 is 22.7. The van der Waals surface area contributed by atoms with Gasteiger partial charge in [-0.05, 0) is 62.1 Å². The largest absolute Gasteiger partial charge is 0.497 e. The zero-order chi connectivity index (χ0) is 19.5. The van der Waals surface area contributed by atoms with Crippen LogP contribution in [-0.2, 0) is 20.7 Å². The van der Waals surface area contributed by atoms with E-state index in [0.717, 1.165) is 49.4 Å². The van der Waals surface area contributed by atoms with Crippen molar-refractivity contribution in [3.63, 3.8) is 0 Å². The fraction of sp³-hybridized carbons (Fsp3) is 0.571. The lowest BCUT2D eigenvalue weighted by Gasteiger charge is -2.39. The molecule has 1 aromatic carbocycles. The van der Waals surface area contributed by atoms with Gasteiger partial charge in [-0.15, -0.1) is 0 Å². The van der Waals surface area contributed by atoms with Crippen LogP contribution in [-0.4, -0.2) is 60.7 Å². The number of fused-ring (bicyclic) bond motifs is 3. The van der Waals surface area contributed by atoms with Crippen LogP contribution < -0.4 is 9.47 Å². The third-order valence-corrected chi connectivity index (χ3v) is 6.55. The molecule has 0 amide bonds. The smallest absolute Gasteiger partial charge is 0.335 e. The Morgan fingerprint density at radius 1 is 1.32 bits per heavy atom. The van der Waals surface area contributed by atoms with Crippen molar-refractivity contribution in [1.82, 2.24) is 4.90 Å². The summed E-state index contributed by atoms with van der Waals surface area (Å²) in [7, 11) is 1.61. The minimum Gasteiger partial charge on any atom is -0.497 e. The second kappa shape index (κ2) is 6.39. The minimum absolute atomic E-state index is 0.111. The number of rotatable bonds is 3. The molecule has 0 unspecified atom stereocenters. The SMILES string of the molecule is COC1=C[C@]23CCCN2CCc2cc4c(cc2[C@@H]3[C@@H]1OC(=O)[C@H](C)O)OCO4. The van der Waals surface area contributed by atoms with Crippen LogP contribution in [0.2, 0.25) is 0 Å². The molecule has 1 N–H and O–H groups in total. The molecule has 1 saturated heterocycles. The molecule has 1 aromatic rings. The Labute approximate surface area is 163 Å². The van der Waals surface area contributed by atoms with Crippen LogP contribution in [0, 0.1) is 0 Å². The van der Waals surface area contributed by atoms with E-state index in [9.17, 15) is 9.90 Å². The summed E-state index contributed by atoms with van der Waals surface area (Å²) in [5.74, 6) is 1.40. The molecule has 7 heteroatoms. The highest BCUT2D eigenvalue weighted by atomic mass is 16.7. The molecule has 0 bridgehead atoms. The maximum Gasteiger partial charge on any atom is 0.335 e. The fourth-order valence-electron chi connectivity index (χ4n) is 5.32. The minimum atomic E-state index is -1.18. The second-order valence-electron chi connectivity index (χ2n) is 8.00. The van der Waals surface area contributed by atoms with E-state index in [-0.39, 0.29) is 18.2 Å². The van der Waals surface area contributed by atoms with Crippen LogP contribution >= 0.6 is 0 Å². The van der Waals surface area contributed by atoms with Crippen molar-refractivity contribution in [3.05, 3.63) is 35.1 Å². The lowest BCUT2D eigenvalue weighted by molar-refractivity contribution is -0.159. The summed E-state index contributed by atoms with van der Waals surface area (Å²) in [6.45, 7) is 3.57. The molecule has 4 aliphatic rings. The molecule has 3 heterocycles. The number of nitrogens with zero attached hydrogens (tertiary/aromatic N) is 1. The van der Waals surface area contributed by atoms with Gasteiger partial charge in [0.2, 0.25) is 6.79 Å². The first-order valence-electron chi connectivity index (χ1n) is 9.86. The Kier molecular flexibility index (Phi) is 4.07. The fourth-order valence-corrected chi connectivity index (χ4v) is 5.32. The second-order valence-corrected chi connectivity index (χ2v) is 8.00. The van der Waals surface area contributed by atoms with Crippen molar-refractivity contribution in [2.45, 2.75) is 49.9 Å². The maximum atomic E-state index is 12.3. The molecule has 0 radical (unpaired) electrons. The third-order valence-electron chi connectivity index (χ3n) is 6.55. The van der Waals surface area contributed by atoms with Crippen molar-refractivity contribution < 1.29 is 28.8 Å². The van der Waals surface area contributed by atoms with Gasteiger partial charge in [0.25, 0.3) is 0 Å². The average Bonchev–Trinajstić information content (AvgIpc) is 3.35. The van der Waals surface area contributed by atoms with E-state index in [1.54, 1.807) is 7.11 Å². The molecule has 5 rings (SSSR count). The highest BCUT2D eigenvalue weighted by Gasteiger charge is 2.58. The Morgan fingerprint density at radius 2 is 2.11 bits per heavy atom. The van der Waals surface area contributed by atoms with Gasteiger partial charge in [0, 0.05) is 6.54 Å². The van der Waals surface area contributed by atoms with Crippen LogP contribution in [0.15, 0.2) is 24.0 Å². The van der Waals surface area contributed by atoms with E-state index in [1.807, 2.05) is 6.07 Å². The van der Waals surface area contributed by atoms with Gasteiger partial charge < -0.3 is 24.1 Å². The topological polar surface area (TPSA) is 77.5 Å². The van der Waals surface area contributed by atoms with Gasteiger partial charge in [0.05, 0.1) is 18.6 Å². The van der Waals surface area contributed by atoms with Crippen molar-refractivity contribution in [2.24, 2.45) is 0 Å². The molecule has 7 nitrogen and oxygen atoms in total. The number of hydrogen-bond acceptors (Lipinski definition) is 7. The lowest BCUT2D eigenvalue weighted by Crippen LogP contribution is -2.47. The Morgan fingerprint density at radius 3 is 2.86 bits per heavy atom. The van der Waals surface area contributed by atoms with Crippen LogP contribution in [0.3, 0.4) is 0 Å². The van der Waals surface area contributed by atoms with Crippen LogP contribution in [0.4, 0.5) is 0 Å². The van der Waals surface area contributed by atoms with Crippen molar-refractivity contribution in [1.29, 1.82) is 0 Å². The lowest BCUT2D eigenvalue weighted by atomic mass is 9.77. The predicted molar refractivity (Wildman–Crippen MR) is 99.2 cm³/mol. The van der Waals surface area contributed by atoms with Crippen molar-refractivity contribution in [3.8, 4) is 11.5 Å². The van der Waals surface area contributed by atoms with Crippen molar-refractivity contribution in [2.75, 3.05) is 27.0 Å². The zero-order valence-corrected chi connectivity index (χ0v) is 16.1. The van der Waals surface area contributed by atoms with Crippen LogP contribution in [0.25, 0.3) is 0 Å². The summed E-state index contributed by atoms with van der Waals surface area (Å²) in [6, 6.07) is 4.10. The molecule has 28 heavy (non-hydrogen) atoms. The third kappa shape index (κ3) is 2.46. The molecular formula is C21H25NO6. The molecule has 1 spiro atoms. The average molecular weight is 387 g/mol. The Hall–Kier alpha value is -2.25. The number of carbonyl (C=O) groups excluding carboxylic acids is 1. The Bertz CT molecular complexity index is 850. The zero-order valence-electron chi connectivity index (χ0n) is 16.1. The molecular weight excluding hydrogens is 362 g/mol. The molecule has 4 atom stereocenters. The van der Waals surface area contributed by atoms with Crippen molar-refractivity contribution >= 4 is 5.97 Å². The van der Waals surface area contributed by atoms with Gasteiger partial charge in [-0.1, -0.05) is 0 Å².